The monoisotopic (exact) mass is 201 g/mol. The van der Waals surface area contributed by atoms with Gasteiger partial charge in [-0.3, -0.25) is 0 Å². The van der Waals surface area contributed by atoms with Gasteiger partial charge in [-0.25, -0.2) is 5.32 Å². The Kier molecular flexibility index (Phi) is 2.18. The lowest BCUT2D eigenvalue weighted by Gasteiger charge is -2.19. The highest BCUT2D eigenvalue weighted by atomic mass is 16.5. The van der Waals surface area contributed by atoms with E-state index in [1.165, 1.54) is 5.39 Å². The first-order valence-corrected chi connectivity index (χ1v) is 5.43. The van der Waals surface area contributed by atoms with Crippen LogP contribution in [0.3, 0.4) is 0 Å². The zero-order chi connectivity index (χ0) is 10.1. The maximum absolute atomic E-state index is 5.32. The van der Waals surface area contributed by atoms with Crippen molar-refractivity contribution >= 4 is 11.0 Å². The standard InChI is InChI=1S/C12H13N2O/c1-2-4-11-10(3-1)12(14-15-11)9-5-7-13-8-6-9/h1-4,9H,5-8H2. The summed E-state index contributed by atoms with van der Waals surface area (Å²) >= 11 is 0. The molecule has 0 saturated carbocycles. The number of fused-ring (bicyclic) bond motifs is 1. The van der Waals surface area contributed by atoms with Gasteiger partial charge in [0.15, 0.2) is 5.58 Å². The van der Waals surface area contributed by atoms with Crippen LogP contribution in [-0.2, 0) is 0 Å². The van der Waals surface area contributed by atoms with Crippen molar-refractivity contribution in [1.82, 2.24) is 10.5 Å². The molecule has 0 aliphatic carbocycles. The maximum Gasteiger partial charge on any atom is 0.167 e. The molecule has 0 bridgehead atoms. The molecular formula is C12H13N2O. The zero-order valence-electron chi connectivity index (χ0n) is 8.52. The average Bonchev–Trinajstić information content (AvgIpc) is 2.74. The van der Waals surface area contributed by atoms with E-state index in [0.29, 0.717) is 5.92 Å². The Morgan fingerprint density at radius 1 is 1.13 bits per heavy atom. The Morgan fingerprint density at radius 2 is 1.93 bits per heavy atom. The molecule has 3 nitrogen and oxygen atoms in total. The van der Waals surface area contributed by atoms with Crippen LogP contribution in [0.25, 0.3) is 11.0 Å². The lowest BCUT2D eigenvalue weighted by atomic mass is 9.93. The van der Waals surface area contributed by atoms with Gasteiger partial charge in [0.25, 0.3) is 0 Å². The van der Waals surface area contributed by atoms with Gasteiger partial charge in [-0.2, -0.15) is 0 Å². The summed E-state index contributed by atoms with van der Waals surface area (Å²) in [7, 11) is 0. The van der Waals surface area contributed by atoms with Gasteiger partial charge in [0, 0.05) is 24.4 Å². The van der Waals surface area contributed by atoms with Crippen LogP contribution in [0.1, 0.15) is 24.5 Å². The summed E-state index contributed by atoms with van der Waals surface area (Å²) in [4.78, 5) is 0. The number of para-hydroxylation sites is 1. The molecule has 1 aromatic carbocycles. The van der Waals surface area contributed by atoms with E-state index >= 15 is 0 Å². The summed E-state index contributed by atoms with van der Waals surface area (Å²) in [5, 5.41) is 9.73. The van der Waals surface area contributed by atoms with Crippen molar-refractivity contribution in [2.24, 2.45) is 0 Å². The Labute approximate surface area is 88.4 Å². The van der Waals surface area contributed by atoms with Crippen LogP contribution >= 0.6 is 0 Å². The van der Waals surface area contributed by atoms with E-state index < -0.39 is 0 Å². The fourth-order valence-corrected chi connectivity index (χ4v) is 2.22. The van der Waals surface area contributed by atoms with Crippen LogP contribution in [0.2, 0.25) is 0 Å². The van der Waals surface area contributed by atoms with Crippen molar-refractivity contribution < 1.29 is 4.52 Å². The smallest absolute Gasteiger partial charge is 0.167 e. The summed E-state index contributed by atoms with van der Waals surface area (Å²) in [5.74, 6) is 0.533. The quantitative estimate of drug-likeness (QED) is 0.710. The fraction of sp³-hybridized carbons (Fsp3) is 0.417. The maximum atomic E-state index is 5.32. The van der Waals surface area contributed by atoms with Crippen LogP contribution < -0.4 is 5.32 Å². The molecule has 1 saturated heterocycles. The first-order chi connectivity index (χ1) is 7.45. The minimum Gasteiger partial charge on any atom is -0.356 e. The number of aromatic nitrogens is 1. The molecule has 77 valence electrons. The van der Waals surface area contributed by atoms with Crippen LogP contribution in [0, 0.1) is 0 Å². The van der Waals surface area contributed by atoms with Gasteiger partial charge in [0.2, 0.25) is 0 Å². The molecule has 1 aromatic heterocycles. The molecule has 15 heavy (non-hydrogen) atoms. The summed E-state index contributed by atoms with van der Waals surface area (Å²) in [6, 6.07) is 8.08. The molecule has 1 aliphatic rings. The third-order valence-electron chi connectivity index (χ3n) is 3.06. The molecule has 0 unspecified atom stereocenters. The van der Waals surface area contributed by atoms with Gasteiger partial charge < -0.3 is 4.52 Å². The molecule has 1 radical (unpaired) electrons. The molecule has 0 atom stereocenters. The van der Waals surface area contributed by atoms with E-state index in [0.717, 1.165) is 37.2 Å². The summed E-state index contributed by atoms with van der Waals surface area (Å²) in [6.07, 6.45) is 2.22. The van der Waals surface area contributed by atoms with Crippen LogP contribution in [-0.4, -0.2) is 18.2 Å². The highest BCUT2D eigenvalue weighted by Crippen LogP contribution is 2.30. The minimum absolute atomic E-state index is 0.533. The predicted octanol–water partition coefficient (Wildman–Crippen LogP) is 2.31. The first-order valence-electron chi connectivity index (χ1n) is 5.43. The topological polar surface area (TPSA) is 40.1 Å². The third kappa shape index (κ3) is 1.53. The molecule has 3 rings (SSSR count). The van der Waals surface area contributed by atoms with Crippen molar-refractivity contribution in [2.45, 2.75) is 18.8 Å². The molecular weight excluding hydrogens is 188 g/mol. The van der Waals surface area contributed by atoms with Gasteiger partial charge in [-0.05, 0) is 25.0 Å². The van der Waals surface area contributed by atoms with Crippen molar-refractivity contribution in [2.75, 3.05) is 13.1 Å². The molecule has 0 spiro atoms. The molecule has 2 aromatic rings. The van der Waals surface area contributed by atoms with Crippen LogP contribution in [0.15, 0.2) is 28.8 Å². The lowest BCUT2D eigenvalue weighted by molar-refractivity contribution is 0.401. The Hall–Kier alpha value is -1.35. The molecule has 3 heteroatoms. The van der Waals surface area contributed by atoms with E-state index in [2.05, 4.69) is 16.5 Å². The zero-order valence-corrected chi connectivity index (χ0v) is 8.52. The highest BCUT2D eigenvalue weighted by molar-refractivity contribution is 5.79. The van der Waals surface area contributed by atoms with Crippen molar-refractivity contribution in [1.29, 1.82) is 0 Å². The Bertz CT molecular complexity index is 457. The first kappa shape index (κ1) is 8.92. The van der Waals surface area contributed by atoms with Gasteiger partial charge >= 0.3 is 0 Å². The second-order valence-corrected chi connectivity index (χ2v) is 4.01. The second kappa shape index (κ2) is 3.66. The van der Waals surface area contributed by atoms with E-state index in [9.17, 15) is 0 Å². The van der Waals surface area contributed by atoms with Crippen LogP contribution in [0.4, 0.5) is 0 Å². The third-order valence-corrected chi connectivity index (χ3v) is 3.06. The molecule has 1 fully saturated rings. The fourth-order valence-electron chi connectivity index (χ4n) is 2.22. The largest absolute Gasteiger partial charge is 0.356 e. The number of hydrogen-bond donors (Lipinski definition) is 0. The van der Waals surface area contributed by atoms with Crippen molar-refractivity contribution in [3.8, 4) is 0 Å². The van der Waals surface area contributed by atoms with E-state index in [1.54, 1.807) is 0 Å². The number of piperidine rings is 1. The van der Waals surface area contributed by atoms with E-state index in [-0.39, 0.29) is 0 Å². The Morgan fingerprint density at radius 3 is 2.80 bits per heavy atom. The Balaban J connectivity index is 2.02. The minimum atomic E-state index is 0.533. The molecule has 0 amide bonds. The summed E-state index contributed by atoms with van der Waals surface area (Å²) in [6.45, 7) is 1.93. The van der Waals surface area contributed by atoms with Crippen LogP contribution in [0.5, 0.6) is 0 Å². The predicted molar refractivity (Wildman–Crippen MR) is 57.9 cm³/mol. The molecule has 1 aliphatic heterocycles. The van der Waals surface area contributed by atoms with Gasteiger partial charge in [-0.1, -0.05) is 17.3 Å². The number of hydrogen-bond acceptors (Lipinski definition) is 2. The summed E-state index contributed by atoms with van der Waals surface area (Å²) in [5.41, 5.74) is 2.02. The number of rotatable bonds is 1. The lowest BCUT2D eigenvalue weighted by Crippen LogP contribution is -2.21. The van der Waals surface area contributed by atoms with Gasteiger partial charge in [-0.15, -0.1) is 0 Å². The normalized spacial score (nSPS) is 18.4. The van der Waals surface area contributed by atoms with E-state index in [1.807, 2.05) is 18.2 Å². The van der Waals surface area contributed by atoms with E-state index in [4.69, 9.17) is 4.52 Å². The second-order valence-electron chi connectivity index (χ2n) is 4.01. The summed E-state index contributed by atoms with van der Waals surface area (Å²) < 4.78 is 5.32. The highest BCUT2D eigenvalue weighted by Gasteiger charge is 2.21. The number of benzene rings is 1. The molecule has 0 N–H and O–H groups in total. The van der Waals surface area contributed by atoms with Gasteiger partial charge in [0.1, 0.15) is 0 Å². The number of nitrogens with zero attached hydrogens (tertiary/aromatic N) is 2. The average molecular weight is 201 g/mol. The molecule has 2 heterocycles. The van der Waals surface area contributed by atoms with Crippen molar-refractivity contribution in [3.05, 3.63) is 30.0 Å². The van der Waals surface area contributed by atoms with Crippen molar-refractivity contribution in [3.63, 3.8) is 0 Å². The SMILES string of the molecule is c1ccc2c(C3CC[N]CC3)noc2c1. The van der Waals surface area contributed by atoms with Gasteiger partial charge in [0.05, 0.1) is 5.69 Å².